The van der Waals surface area contributed by atoms with Gasteiger partial charge in [0.15, 0.2) is 0 Å². The minimum absolute atomic E-state index is 0.138. The maximum Gasteiger partial charge on any atom is 0.119 e. The lowest BCUT2D eigenvalue weighted by Crippen LogP contribution is -2.31. The second kappa shape index (κ2) is 7.65. The summed E-state index contributed by atoms with van der Waals surface area (Å²) in [6.07, 6.45) is 7.84. The van der Waals surface area contributed by atoms with Crippen LogP contribution in [0.4, 0.5) is 0 Å². The third kappa shape index (κ3) is 4.04. The molecule has 0 unspecified atom stereocenters. The maximum absolute atomic E-state index is 11.4. The smallest absolute Gasteiger partial charge is 0.119 e. The number of fused-ring (bicyclic) bond motifs is 1. The highest BCUT2D eigenvalue weighted by Gasteiger charge is 2.56. The quantitative estimate of drug-likeness (QED) is 0.740. The van der Waals surface area contributed by atoms with Crippen LogP contribution in [-0.4, -0.2) is 36.8 Å². The Labute approximate surface area is 164 Å². The van der Waals surface area contributed by atoms with Crippen LogP contribution in [0.1, 0.15) is 39.2 Å². The molecule has 0 spiro atoms. The van der Waals surface area contributed by atoms with Crippen LogP contribution >= 0.6 is 0 Å². The largest absolute Gasteiger partial charge is 0.497 e. The van der Waals surface area contributed by atoms with Crippen molar-refractivity contribution in [3.63, 3.8) is 0 Å². The summed E-state index contributed by atoms with van der Waals surface area (Å²) >= 11 is 0. The molecular formula is C24H33NO2. The number of benzene rings is 1. The van der Waals surface area contributed by atoms with E-state index in [1.807, 2.05) is 37.3 Å². The van der Waals surface area contributed by atoms with Crippen LogP contribution in [0, 0.1) is 11.3 Å². The topological polar surface area (TPSA) is 32.7 Å². The predicted molar refractivity (Wildman–Crippen MR) is 112 cm³/mol. The summed E-state index contributed by atoms with van der Waals surface area (Å²) in [6.45, 7) is 13.7. The molecule has 0 amide bonds. The Morgan fingerprint density at radius 3 is 2.89 bits per heavy atom. The molecule has 1 saturated carbocycles. The fourth-order valence-electron chi connectivity index (χ4n) is 4.90. The maximum atomic E-state index is 11.4. The Bertz CT molecular complexity index is 765. The van der Waals surface area contributed by atoms with Crippen molar-refractivity contribution in [1.29, 1.82) is 0 Å². The van der Waals surface area contributed by atoms with Crippen LogP contribution in [0.5, 0.6) is 5.75 Å². The Morgan fingerprint density at radius 1 is 1.44 bits per heavy atom. The van der Waals surface area contributed by atoms with Gasteiger partial charge in [-0.2, -0.15) is 0 Å². The van der Waals surface area contributed by atoms with Crippen molar-refractivity contribution in [2.24, 2.45) is 11.3 Å². The van der Waals surface area contributed by atoms with Gasteiger partial charge in [0.05, 0.1) is 12.7 Å². The van der Waals surface area contributed by atoms with Gasteiger partial charge in [-0.15, -0.1) is 0 Å². The monoisotopic (exact) mass is 367 g/mol. The molecule has 3 nitrogen and oxygen atoms in total. The van der Waals surface area contributed by atoms with Crippen molar-refractivity contribution >= 4 is 0 Å². The SMILES string of the molecule is C=C(CN1C[C@H]2C[C@](O)(c3cccc(OC)c3)C[C@@]2(C)C1)/C(C)=C/C=C\C. The standard InChI is InChI=1S/C24H33NO2/c1-6-7-9-18(2)19(3)14-25-15-21-13-24(26,16-23(21,4)17-25)20-10-8-11-22(12-20)27-5/h6-12,21,26H,3,13-17H2,1-2,4-5H3/b7-6-,18-9+/t21-,23+,24-/m1/s1. The highest BCUT2D eigenvalue weighted by atomic mass is 16.5. The first-order valence-electron chi connectivity index (χ1n) is 9.87. The molecule has 146 valence electrons. The van der Waals surface area contributed by atoms with E-state index in [-0.39, 0.29) is 5.41 Å². The molecule has 3 heteroatoms. The van der Waals surface area contributed by atoms with E-state index in [0.29, 0.717) is 5.92 Å². The van der Waals surface area contributed by atoms with Gasteiger partial charge in [0.25, 0.3) is 0 Å². The molecule has 1 aliphatic carbocycles. The lowest BCUT2D eigenvalue weighted by Gasteiger charge is -2.29. The first-order valence-corrected chi connectivity index (χ1v) is 9.87. The molecule has 2 fully saturated rings. The molecule has 0 radical (unpaired) electrons. The number of methoxy groups -OCH3 is 1. The second-order valence-electron chi connectivity index (χ2n) is 8.64. The van der Waals surface area contributed by atoms with Crippen LogP contribution in [0.25, 0.3) is 0 Å². The number of nitrogens with zero attached hydrogens (tertiary/aromatic N) is 1. The molecule has 1 aromatic carbocycles. The zero-order chi connectivity index (χ0) is 19.7. The summed E-state index contributed by atoms with van der Waals surface area (Å²) in [7, 11) is 1.67. The number of likely N-dealkylation sites (tertiary alicyclic amines) is 1. The number of rotatable bonds is 6. The molecule has 3 rings (SSSR count). The minimum Gasteiger partial charge on any atom is -0.497 e. The van der Waals surface area contributed by atoms with Crippen LogP contribution in [0.2, 0.25) is 0 Å². The summed E-state index contributed by atoms with van der Waals surface area (Å²) in [6, 6.07) is 7.92. The zero-order valence-corrected chi connectivity index (χ0v) is 17.2. The van der Waals surface area contributed by atoms with Gasteiger partial charge in [-0.1, -0.05) is 43.9 Å². The number of ether oxygens (including phenoxy) is 1. The van der Waals surface area contributed by atoms with E-state index in [4.69, 9.17) is 4.74 Å². The number of hydrogen-bond acceptors (Lipinski definition) is 3. The summed E-state index contributed by atoms with van der Waals surface area (Å²) in [5.74, 6) is 1.31. The van der Waals surface area contributed by atoms with Gasteiger partial charge in [0, 0.05) is 19.6 Å². The number of aliphatic hydroxyl groups is 1. The van der Waals surface area contributed by atoms with Gasteiger partial charge in [-0.25, -0.2) is 0 Å². The van der Waals surface area contributed by atoms with Crippen molar-refractivity contribution in [3.05, 3.63) is 65.8 Å². The minimum atomic E-state index is -0.751. The molecule has 0 bridgehead atoms. The van der Waals surface area contributed by atoms with E-state index in [2.05, 4.69) is 37.5 Å². The molecule has 1 aliphatic heterocycles. The second-order valence-corrected chi connectivity index (χ2v) is 8.64. The average molecular weight is 368 g/mol. The van der Waals surface area contributed by atoms with Gasteiger partial charge >= 0.3 is 0 Å². The van der Waals surface area contributed by atoms with Crippen LogP contribution < -0.4 is 4.74 Å². The lowest BCUT2D eigenvalue weighted by atomic mass is 9.82. The van der Waals surface area contributed by atoms with Crippen molar-refractivity contribution in [2.75, 3.05) is 26.7 Å². The molecule has 3 atom stereocenters. The lowest BCUT2D eigenvalue weighted by molar-refractivity contribution is 0.0250. The van der Waals surface area contributed by atoms with Crippen LogP contribution in [-0.2, 0) is 5.60 Å². The van der Waals surface area contributed by atoms with Gasteiger partial charge < -0.3 is 9.84 Å². The van der Waals surface area contributed by atoms with E-state index in [0.717, 1.165) is 43.8 Å². The van der Waals surface area contributed by atoms with E-state index in [1.54, 1.807) is 7.11 Å². The summed E-state index contributed by atoms with van der Waals surface area (Å²) in [5, 5.41) is 11.4. The molecule has 1 N–H and O–H groups in total. The van der Waals surface area contributed by atoms with E-state index < -0.39 is 5.60 Å². The van der Waals surface area contributed by atoms with E-state index in [1.165, 1.54) is 11.1 Å². The first-order chi connectivity index (χ1) is 12.8. The van der Waals surface area contributed by atoms with Gasteiger partial charge in [-0.3, -0.25) is 4.90 Å². The van der Waals surface area contributed by atoms with Crippen LogP contribution in [0.3, 0.4) is 0 Å². The zero-order valence-electron chi connectivity index (χ0n) is 17.2. The molecule has 1 heterocycles. The molecule has 1 saturated heterocycles. The van der Waals surface area contributed by atoms with Crippen molar-refractivity contribution in [1.82, 2.24) is 4.90 Å². The Kier molecular flexibility index (Phi) is 5.64. The Morgan fingerprint density at radius 2 is 2.22 bits per heavy atom. The Balaban J connectivity index is 1.68. The molecule has 1 aromatic rings. The fourth-order valence-corrected chi connectivity index (χ4v) is 4.90. The van der Waals surface area contributed by atoms with Gasteiger partial charge in [0.2, 0.25) is 0 Å². The first kappa shape index (κ1) is 19.9. The summed E-state index contributed by atoms with van der Waals surface area (Å²) in [5.41, 5.74) is 2.79. The van der Waals surface area contributed by atoms with Crippen LogP contribution in [0.15, 0.2) is 60.2 Å². The van der Waals surface area contributed by atoms with E-state index >= 15 is 0 Å². The third-order valence-corrected chi connectivity index (χ3v) is 6.45. The fraction of sp³-hybridized carbons (Fsp3) is 0.500. The highest BCUT2D eigenvalue weighted by Crippen LogP contribution is 2.56. The third-order valence-electron chi connectivity index (χ3n) is 6.45. The van der Waals surface area contributed by atoms with Crippen molar-refractivity contribution in [2.45, 2.75) is 39.2 Å². The van der Waals surface area contributed by atoms with Crippen molar-refractivity contribution < 1.29 is 9.84 Å². The molecular weight excluding hydrogens is 334 g/mol. The predicted octanol–water partition coefficient (Wildman–Crippen LogP) is 4.69. The van der Waals surface area contributed by atoms with E-state index in [9.17, 15) is 5.11 Å². The summed E-state index contributed by atoms with van der Waals surface area (Å²) in [4.78, 5) is 2.51. The normalized spacial score (nSPS) is 31.4. The molecule has 0 aromatic heterocycles. The Hall–Kier alpha value is -1.84. The van der Waals surface area contributed by atoms with Crippen molar-refractivity contribution in [3.8, 4) is 5.75 Å². The summed E-state index contributed by atoms with van der Waals surface area (Å²) < 4.78 is 5.35. The van der Waals surface area contributed by atoms with Gasteiger partial charge in [-0.05, 0) is 66.9 Å². The molecule has 2 aliphatic rings. The van der Waals surface area contributed by atoms with Gasteiger partial charge in [0.1, 0.15) is 5.75 Å². The highest BCUT2D eigenvalue weighted by molar-refractivity contribution is 5.35. The molecule has 27 heavy (non-hydrogen) atoms. The number of hydrogen-bond donors (Lipinski definition) is 1. The number of allylic oxidation sites excluding steroid dienone is 3. The average Bonchev–Trinajstić information content (AvgIpc) is 3.06.